The highest BCUT2D eigenvalue weighted by Gasteiger charge is 2.20. The molecule has 2 rings (SSSR count). The maximum atomic E-state index is 11.2. The Balaban J connectivity index is 2.23. The van der Waals surface area contributed by atoms with E-state index in [4.69, 9.17) is 5.11 Å². The van der Waals surface area contributed by atoms with Crippen LogP contribution in [0.4, 0.5) is 5.69 Å². The molecular formula is C13H15NO4S. The van der Waals surface area contributed by atoms with Gasteiger partial charge in [0, 0.05) is 22.3 Å². The Kier molecular flexibility index (Phi) is 4.42. The van der Waals surface area contributed by atoms with E-state index < -0.39 is 10.9 Å². The van der Waals surface area contributed by atoms with Crippen molar-refractivity contribution in [1.82, 2.24) is 0 Å². The van der Waals surface area contributed by atoms with Crippen molar-refractivity contribution in [3.63, 3.8) is 0 Å². The van der Waals surface area contributed by atoms with E-state index in [-0.39, 0.29) is 11.3 Å². The summed E-state index contributed by atoms with van der Waals surface area (Å²) < 4.78 is 0. The van der Waals surface area contributed by atoms with E-state index in [0.717, 1.165) is 18.9 Å². The Morgan fingerprint density at radius 3 is 2.58 bits per heavy atom. The number of benzene rings is 1. The molecule has 1 fully saturated rings. The highest BCUT2D eigenvalue weighted by molar-refractivity contribution is 8.00. The predicted molar refractivity (Wildman–Crippen MR) is 72.8 cm³/mol. The van der Waals surface area contributed by atoms with E-state index in [1.165, 1.54) is 37.1 Å². The maximum absolute atomic E-state index is 11.2. The highest BCUT2D eigenvalue weighted by atomic mass is 32.2. The van der Waals surface area contributed by atoms with Gasteiger partial charge in [0.2, 0.25) is 0 Å². The average Bonchev–Trinajstić information content (AvgIpc) is 2.39. The number of carboxylic acids is 1. The van der Waals surface area contributed by atoms with Gasteiger partial charge >= 0.3 is 5.97 Å². The first kappa shape index (κ1) is 13.9. The third-order valence-electron chi connectivity index (χ3n) is 3.25. The summed E-state index contributed by atoms with van der Waals surface area (Å²) in [6.45, 7) is 0. The molecule has 0 amide bonds. The van der Waals surface area contributed by atoms with Gasteiger partial charge in [-0.3, -0.25) is 10.1 Å². The smallest absolute Gasteiger partial charge is 0.337 e. The zero-order valence-corrected chi connectivity index (χ0v) is 11.2. The number of carbonyl (C=O) groups is 1. The number of hydrogen-bond acceptors (Lipinski definition) is 4. The van der Waals surface area contributed by atoms with E-state index in [0.29, 0.717) is 10.1 Å². The number of nitro groups is 1. The molecule has 1 aliphatic carbocycles. The lowest BCUT2D eigenvalue weighted by Gasteiger charge is -2.21. The molecule has 0 unspecified atom stereocenters. The fraction of sp³-hybridized carbons (Fsp3) is 0.462. The van der Waals surface area contributed by atoms with Crippen LogP contribution in [-0.4, -0.2) is 21.2 Å². The summed E-state index contributed by atoms with van der Waals surface area (Å²) in [6.07, 6.45) is 5.75. The summed E-state index contributed by atoms with van der Waals surface area (Å²) in [4.78, 5) is 21.9. The molecule has 19 heavy (non-hydrogen) atoms. The molecule has 5 nitrogen and oxygen atoms in total. The molecule has 0 bridgehead atoms. The Hall–Kier alpha value is -1.56. The van der Waals surface area contributed by atoms with Crippen LogP contribution in [0.1, 0.15) is 42.5 Å². The molecule has 0 aromatic heterocycles. The van der Waals surface area contributed by atoms with Gasteiger partial charge in [0.15, 0.2) is 0 Å². The van der Waals surface area contributed by atoms with Crippen molar-refractivity contribution in [2.75, 3.05) is 0 Å². The average molecular weight is 281 g/mol. The minimum atomic E-state index is -1.11. The van der Waals surface area contributed by atoms with Crippen molar-refractivity contribution in [3.8, 4) is 0 Å². The number of hydrogen-bond donors (Lipinski definition) is 1. The molecule has 0 aliphatic heterocycles. The van der Waals surface area contributed by atoms with Crippen LogP contribution in [0, 0.1) is 10.1 Å². The second-order valence-corrected chi connectivity index (χ2v) is 5.96. The molecule has 1 aromatic carbocycles. The van der Waals surface area contributed by atoms with Gasteiger partial charge in [0.05, 0.1) is 10.5 Å². The van der Waals surface area contributed by atoms with Gasteiger partial charge in [0.1, 0.15) is 0 Å². The number of carboxylic acid groups (broad SMARTS) is 1. The van der Waals surface area contributed by atoms with E-state index in [1.807, 2.05) is 0 Å². The number of non-ortho nitro benzene ring substituents is 1. The minimum absolute atomic E-state index is 0.0322. The predicted octanol–water partition coefficient (Wildman–Crippen LogP) is 3.72. The van der Waals surface area contributed by atoms with Gasteiger partial charge in [-0.25, -0.2) is 4.79 Å². The molecule has 0 atom stereocenters. The number of nitro benzene ring substituents is 1. The van der Waals surface area contributed by atoms with Crippen molar-refractivity contribution >= 4 is 23.4 Å². The van der Waals surface area contributed by atoms with Crippen molar-refractivity contribution < 1.29 is 14.8 Å². The molecule has 1 saturated carbocycles. The van der Waals surface area contributed by atoms with Gasteiger partial charge in [0.25, 0.3) is 5.69 Å². The Labute approximate surface area is 115 Å². The van der Waals surface area contributed by atoms with Crippen LogP contribution < -0.4 is 0 Å². The zero-order valence-electron chi connectivity index (χ0n) is 10.4. The van der Waals surface area contributed by atoms with E-state index in [9.17, 15) is 14.9 Å². The maximum Gasteiger partial charge on any atom is 0.337 e. The van der Waals surface area contributed by atoms with Crippen LogP contribution in [0.2, 0.25) is 0 Å². The van der Waals surface area contributed by atoms with Gasteiger partial charge in [-0.15, -0.1) is 11.8 Å². The quantitative estimate of drug-likeness (QED) is 0.672. The highest BCUT2D eigenvalue weighted by Crippen LogP contribution is 2.36. The Bertz CT molecular complexity index is 497. The summed E-state index contributed by atoms with van der Waals surface area (Å²) in [5.74, 6) is -1.11. The fourth-order valence-corrected chi connectivity index (χ4v) is 3.61. The lowest BCUT2D eigenvalue weighted by Crippen LogP contribution is -2.09. The number of nitrogens with zero attached hydrogens (tertiary/aromatic N) is 1. The standard InChI is InChI=1S/C13H15NO4S/c15-13(16)11-8-9(14(17)18)6-7-12(11)19-10-4-2-1-3-5-10/h6-8,10H,1-5H2,(H,15,16). The van der Waals surface area contributed by atoms with Crippen LogP contribution in [0.5, 0.6) is 0 Å². The van der Waals surface area contributed by atoms with E-state index in [1.54, 1.807) is 6.07 Å². The Morgan fingerprint density at radius 1 is 1.32 bits per heavy atom. The largest absolute Gasteiger partial charge is 0.478 e. The third kappa shape index (κ3) is 3.47. The second kappa shape index (κ2) is 6.06. The van der Waals surface area contributed by atoms with Crippen molar-refractivity contribution in [2.45, 2.75) is 42.2 Å². The minimum Gasteiger partial charge on any atom is -0.478 e. The fourth-order valence-electron chi connectivity index (χ4n) is 2.26. The van der Waals surface area contributed by atoms with Crippen LogP contribution >= 0.6 is 11.8 Å². The van der Waals surface area contributed by atoms with Gasteiger partial charge in [-0.2, -0.15) is 0 Å². The van der Waals surface area contributed by atoms with Gasteiger partial charge < -0.3 is 5.11 Å². The number of rotatable bonds is 4. The molecular weight excluding hydrogens is 266 g/mol. The van der Waals surface area contributed by atoms with E-state index in [2.05, 4.69) is 0 Å². The van der Waals surface area contributed by atoms with Crippen LogP contribution in [0.3, 0.4) is 0 Å². The van der Waals surface area contributed by atoms with Crippen LogP contribution in [0.15, 0.2) is 23.1 Å². The zero-order chi connectivity index (χ0) is 13.8. The Morgan fingerprint density at radius 2 is 2.00 bits per heavy atom. The van der Waals surface area contributed by atoms with Crippen molar-refractivity contribution in [3.05, 3.63) is 33.9 Å². The molecule has 0 spiro atoms. The molecule has 1 N–H and O–H groups in total. The second-order valence-electron chi connectivity index (χ2n) is 4.62. The third-order valence-corrected chi connectivity index (χ3v) is 4.66. The first-order chi connectivity index (χ1) is 9.08. The lowest BCUT2D eigenvalue weighted by molar-refractivity contribution is -0.384. The molecule has 102 valence electrons. The molecule has 1 aliphatic rings. The van der Waals surface area contributed by atoms with Crippen LogP contribution in [-0.2, 0) is 0 Å². The lowest BCUT2D eigenvalue weighted by atomic mass is 10.0. The molecule has 0 saturated heterocycles. The van der Waals surface area contributed by atoms with E-state index >= 15 is 0 Å². The molecule has 0 radical (unpaired) electrons. The van der Waals surface area contributed by atoms with Gasteiger partial charge in [-0.1, -0.05) is 19.3 Å². The summed E-state index contributed by atoms with van der Waals surface area (Å²) in [5.41, 5.74) is -0.143. The summed E-state index contributed by atoms with van der Waals surface area (Å²) in [7, 11) is 0. The molecule has 0 heterocycles. The van der Waals surface area contributed by atoms with Crippen molar-refractivity contribution in [1.29, 1.82) is 0 Å². The van der Waals surface area contributed by atoms with Gasteiger partial charge in [-0.05, 0) is 18.9 Å². The SMILES string of the molecule is O=C(O)c1cc([N+](=O)[O-])ccc1SC1CCCCC1. The number of thioether (sulfide) groups is 1. The summed E-state index contributed by atoms with van der Waals surface area (Å²) in [6, 6.07) is 4.08. The number of aromatic carboxylic acids is 1. The monoisotopic (exact) mass is 281 g/mol. The van der Waals surface area contributed by atoms with Crippen LogP contribution in [0.25, 0.3) is 0 Å². The molecule has 6 heteroatoms. The first-order valence-corrected chi connectivity index (χ1v) is 7.14. The first-order valence-electron chi connectivity index (χ1n) is 6.26. The topological polar surface area (TPSA) is 80.4 Å². The molecule has 1 aromatic rings. The normalized spacial score (nSPS) is 16.2. The van der Waals surface area contributed by atoms with Crippen molar-refractivity contribution in [2.24, 2.45) is 0 Å². The summed E-state index contributed by atoms with van der Waals surface area (Å²) >= 11 is 1.54. The summed E-state index contributed by atoms with van der Waals surface area (Å²) in [5, 5.41) is 20.3.